The zero-order chi connectivity index (χ0) is 5.82. The molecule has 0 aromatic carbocycles. The largest absolute Gasteiger partial charge is 0.471 e. The third-order valence-corrected chi connectivity index (χ3v) is 1.05. The van der Waals surface area contributed by atoms with E-state index in [0.29, 0.717) is 0 Å². The molecule has 2 N–H and O–H groups in total. The highest BCUT2D eigenvalue weighted by molar-refractivity contribution is 4.78. The van der Waals surface area contributed by atoms with Gasteiger partial charge < -0.3 is 4.74 Å². The molecule has 1 aliphatic rings. The molecule has 0 spiro atoms. The topological polar surface area (TPSA) is 44.5 Å². The standard InChI is InChI=1S/C5H9NO2/c6-8-5-3-1-2-4-7-5/h2,4-5H,1,3,6H2. The Kier molecular flexibility index (Phi) is 1.88. The van der Waals surface area contributed by atoms with Crippen LogP contribution in [0.1, 0.15) is 12.8 Å². The van der Waals surface area contributed by atoms with Crippen LogP contribution in [-0.4, -0.2) is 6.29 Å². The van der Waals surface area contributed by atoms with E-state index in [4.69, 9.17) is 10.6 Å². The zero-order valence-electron chi connectivity index (χ0n) is 4.54. The van der Waals surface area contributed by atoms with Crippen LogP contribution in [0.5, 0.6) is 0 Å². The van der Waals surface area contributed by atoms with E-state index < -0.39 is 0 Å². The first-order chi connectivity index (χ1) is 3.93. The molecule has 0 amide bonds. The summed E-state index contributed by atoms with van der Waals surface area (Å²) >= 11 is 0. The van der Waals surface area contributed by atoms with Crippen LogP contribution in [0.15, 0.2) is 12.3 Å². The van der Waals surface area contributed by atoms with Gasteiger partial charge in [-0.1, -0.05) is 0 Å². The minimum Gasteiger partial charge on any atom is -0.471 e. The van der Waals surface area contributed by atoms with E-state index in [1.54, 1.807) is 6.26 Å². The van der Waals surface area contributed by atoms with Gasteiger partial charge in [0.15, 0.2) is 0 Å². The molecule has 0 fully saturated rings. The zero-order valence-corrected chi connectivity index (χ0v) is 4.54. The normalized spacial score (nSPS) is 27.4. The quantitative estimate of drug-likeness (QED) is 0.507. The molecule has 0 aromatic heterocycles. The fourth-order valence-electron chi connectivity index (χ4n) is 0.612. The number of rotatable bonds is 1. The molecule has 3 nitrogen and oxygen atoms in total. The molecule has 1 aliphatic heterocycles. The molecule has 1 unspecified atom stereocenters. The average Bonchev–Trinajstić information content (AvgIpc) is 1.90. The van der Waals surface area contributed by atoms with Crippen molar-refractivity contribution < 1.29 is 9.57 Å². The van der Waals surface area contributed by atoms with E-state index in [1.807, 2.05) is 6.08 Å². The molecule has 0 aromatic rings. The van der Waals surface area contributed by atoms with Crippen molar-refractivity contribution in [2.24, 2.45) is 5.90 Å². The predicted octanol–water partition coefficient (Wildman–Crippen LogP) is 0.527. The Hall–Kier alpha value is -0.540. The molecule has 1 rings (SSSR count). The van der Waals surface area contributed by atoms with Crippen LogP contribution in [0.25, 0.3) is 0 Å². The van der Waals surface area contributed by atoms with Crippen molar-refractivity contribution >= 4 is 0 Å². The molecular formula is C5H9NO2. The Morgan fingerprint density at radius 2 is 2.62 bits per heavy atom. The summed E-state index contributed by atoms with van der Waals surface area (Å²) in [5, 5.41) is 0. The van der Waals surface area contributed by atoms with Crippen LogP contribution in [0.4, 0.5) is 0 Å². The van der Waals surface area contributed by atoms with Crippen LogP contribution >= 0.6 is 0 Å². The lowest BCUT2D eigenvalue weighted by molar-refractivity contribution is -0.117. The lowest BCUT2D eigenvalue weighted by atomic mass is 10.3. The van der Waals surface area contributed by atoms with E-state index in [-0.39, 0.29) is 6.29 Å². The molecule has 1 atom stereocenters. The van der Waals surface area contributed by atoms with Gasteiger partial charge in [0.05, 0.1) is 6.26 Å². The van der Waals surface area contributed by atoms with Gasteiger partial charge >= 0.3 is 0 Å². The van der Waals surface area contributed by atoms with Gasteiger partial charge in [0.1, 0.15) is 0 Å². The third-order valence-electron chi connectivity index (χ3n) is 1.05. The second-order valence-corrected chi connectivity index (χ2v) is 1.65. The van der Waals surface area contributed by atoms with E-state index in [2.05, 4.69) is 4.84 Å². The Morgan fingerprint density at radius 3 is 3.00 bits per heavy atom. The minimum atomic E-state index is -0.222. The average molecular weight is 115 g/mol. The van der Waals surface area contributed by atoms with E-state index in [0.717, 1.165) is 12.8 Å². The van der Waals surface area contributed by atoms with Crippen molar-refractivity contribution in [1.82, 2.24) is 0 Å². The lowest BCUT2D eigenvalue weighted by Crippen LogP contribution is -2.20. The predicted molar refractivity (Wildman–Crippen MR) is 28.5 cm³/mol. The van der Waals surface area contributed by atoms with Gasteiger partial charge in [-0.2, -0.15) is 0 Å². The van der Waals surface area contributed by atoms with Crippen LogP contribution in [0.3, 0.4) is 0 Å². The van der Waals surface area contributed by atoms with Crippen molar-refractivity contribution in [1.29, 1.82) is 0 Å². The summed E-state index contributed by atoms with van der Waals surface area (Å²) in [6, 6.07) is 0. The summed E-state index contributed by atoms with van der Waals surface area (Å²) in [6.07, 6.45) is 5.17. The fourth-order valence-corrected chi connectivity index (χ4v) is 0.612. The Balaban J connectivity index is 2.27. The molecule has 8 heavy (non-hydrogen) atoms. The highest BCUT2D eigenvalue weighted by atomic mass is 16.7. The summed E-state index contributed by atoms with van der Waals surface area (Å²) in [5.74, 6) is 4.84. The molecular weight excluding hydrogens is 106 g/mol. The van der Waals surface area contributed by atoms with E-state index >= 15 is 0 Å². The van der Waals surface area contributed by atoms with Crippen molar-refractivity contribution in [3.05, 3.63) is 12.3 Å². The van der Waals surface area contributed by atoms with Gasteiger partial charge in [0, 0.05) is 6.42 Å². The second kappa shape index (κ2) is 2.69. The van der Waals surface area contributed by atoms with Crippen LogP contribution in [0.2, 0.25) is 0 Å². The first-order valence-corrected chi connectivity index (χ1v) is 2.59. The van der Waals surface area contributed by atoms with Crippen molar-refractivity contribution in [2.75, 3.05) is 0 Å². The van der Waals surface area contributed by atoms with Crippen molar-refractivity contribution in [3.63, 3.8) is 0 Å². The maximum absolute atomic E-state index is 4.90. The lowest BCUT2D eigenvalue weighted by Gasteiger charge is -2.15. The molecule has 0 bridgehead atoms. The fraction of sp³-hybridized carbons (Fsp3) is 0.600. The molecule has 0 saturated heterocycles. The maximum Gasteiger partial charge on any atom is 0.217 e. The molecule has 1 heterocycles. The summed E-state index contributed by atoms with van der Waals surface area (Å²) in [5.41, 5.74) is 0. The van der Waals surface area contributed by atoms with Gasteiger partial charge in [-0.3, -0.25) is 4.84 Å². The van der Waals surface area contributed by atoms with Gasteiger partial charge in [-0.15, -0.1) is 0 Å². The van der Waals surface area contributed by atoms with Gasteiger partial charge in [0.25, 0.3) is 0 Å². The number of hydrogen-bond donors (Lipinski definition) is 1. The molecule has 3 heteroatoms. The second-order valence-electron chi connectivity index (χ2n) is 1.65. The minimum absolute atomic E-state index is 0.222. The van der Waals surface area contributed by atoms with Crippen LogP contribution in [-0.2, 0) is 9.57 Å². The third kappa shape index (κ3) is 1.21. The first kappa shape index (κ1) is 5.59. The first-order valence-electron chi connectivity index (χ1n) is 2.59. The van der Waals surface area contributed by atoms with E-state index in [9.17, 15) is 0 Å². The Bertz CT molecular complexity index is 92.4. The van der Waals surface area contributed by atoms with E-state index in [1.165, 1.54) is 0 Å². The number of nitrogens with two attached hydrogens (primary N) is 1. The number of hydrogen-bond acceptors (Lipinski definition) is 3. The highest BCUT2D eigenvalue weighted by Crippen LogP contribution is 2.08. The number of allylic oxidation sites excluding steroid dienone is 1. The summed E-state index contributed by atoms with van der Waals surface area (Å²) in [7, 11) is 0. The SMILES string of the molecule is NOC1CCC=CO1. The summed E-state index contributed by atoms with van der Waals surface area (Å²) in [6.45, 7) is 0. The van der Waals surface area contributed by atoms with Gasteiger partial charge in [-0.05, 0) is 12.5 Å². The van der Waals surface area contributed by atoms with Crippen molar-refractivity contribution in [2.45, 2.75) is 19.1 Å². The van der Waals surface area contributed by atoms with Crippen LogP contribution < -0.4 is 5.90 Å². The highest BCUT2D eigenvalue weighted by Gasteiger charge is 2.07. The Morgan fingerprint density at radius 1 is 1.75 bits per heavy atom. The smallest absolute Gasteiger partial charge is 0.217 e. The summed E-state index contributed by atoms with van der Waals surface area (Å²) < 4.78 is 4.90. The van der Waals surface area contributed by atoms with Crippen molar-refractivity contribution in [3.8, 4) is 0 Å². The molecule has 0 radical (unpaired) electrons. The van der Waals surface area contributed by atoms with Gasteiger partial charge in [0.2, 0.25) is 6.29 Å². The van der Waals surface area contributed by atoms with Gasteiger partial charge in [-0.25, -0.2) is 5.90 Å². The molecule has 0 aliphatic carbocycles. The maximum atomic E-state index is 4.90. The summed E-state index contributed by atoms with van der Waals surface area (Å²) in [4.78, 5) is 4.42. The Labute approximate surface area is 48.0 Å². The number of ether oxygens (including phenoxy) is 1. The molecule has 0 saturated carbocycles. The molecule has 46 valence electrons. The monoisotopic (exact) mass is 115 g/mol. The van der Waals surface area contributed by atoms with Crippen LogP contribution in [0, 0.1) is 0 Å².